The third kappa shape index (κ3) is 5.43. The smallest absolute Gasteiger partial charge is 0.453 e. The van der Waals surface area contributed by atoms with Gasteiger partial charge in [-0.1, -0.05) is 6.07 Å². The lowest BCUT2D eigenvalue weighted by molar-refractivity contribution is -0.154. The Morgan fingerprint density at radius 2 is 1.78 bits per heavy atom. The van der Waals surface area contributed by atoms with E-state index >= 15 is 0 Å². The van der Waals surface area contributed by atoms with E-state index in [9.17, 15) is 22.8 Å². The van der Waals surface area contributed by atoms with E-state index in [2.05, 4.69) is 5.16 Å². The molecule has 2 heterocycles. The second-order valence-corrected chi connectivity index (χ2v) is 7.34. The van der Waals surface area contributed by atoms with Crippen molar-refractivity contribution in [2.45, 2.75) is 19.0 Å². The Hall–Kier alpha value is -4.48. The summed E-state index contributed by atoms with van der Waals surface area (Å²) in [5, 5.41) is 3.41. The van der Waals surface area contributed by atoms with Crippen LogP contribution in [0.4, 0.5) is 13.2 Å². The van der Waals surface area contributed by atoms with E-state index in [0.717, 1.165) is 6.07 Å². The SMILES string of the molecule is COc1cccc(Oc2c(C(F)(F)F)oc3cc(OC(=O)CCc4cc(OC)no4)ccc3c2=O)c1. The van der Waals surface area contributed by atoms with Crippen molar-refractivity contribution in [1.82, 2.24) is 5.16 Å². The highest BCUT2D eigenvalue weighted by Gasteiger charge is 2.40. The number of methoxy groups -OCH3 is 2. The number of fused-ring (bicyclic) bond motifs is 1. The molecule has 4 aromatic rings. The summed E-state index contributed by atoms with van der Waals surface area (Å²) in [5.41, 5.74) is -1.49. The standard InChI is InChI=1S/C24H18F3NO8/c1-31-13-4-3-5-14(10-13)34-22-21(30)17-8-6-15(11-18(17)35-23(22)24(25,26)27)33-20(29)9-7-16-12-19(32-2)28-36-16/h3-6,8,10-12H,7,9H2,1-2H3. The fourth-order valence-corrected chi connectivity index (χ4v) is 3.20. The molecule has 4 rings (SSSR count). The number of hydrogen-bond acceptors (Lipinski definition) is 9. The van der Waals surface area contributed by atoms with E-state index in [0.29, 0.717) is 11.5 Å². The van der Waals surface area contributed by atoms with Gasteiger partial charge in [0.25, 0.3) is 11.6 Å². The van der Waals surface area contributed by atoms with E-state index in [1.165, 1.54) is 50.6 Å². The molecule has 0 atom stereocenters. The van der Waals surface area contributed by atoms with Crippen molar-refractivity contribution in [3.8, 4) is 28.9 Å². The minimum Gasteiger partial charge on any atom is -0.497 e. The molecule has 0 aliphatic rings. The van der Waals surface area contributed by atoms with Crippen LogP contribution in [0.2, 0.25) is 0 Å². The van der Waals surface area contributed by atoms with Gasteiger partial charge < -0.3 is 27.9 Å². The average Bonchev–Trinajstić information content (AvgIpc) is 3.32. The molecule has 2 aromatic carbocycles. The first kappa shape index (κ1) is 24.6. The maximum absolute atomic E-state index is 13.8. The zero-order valence-electron chi connectivity index (χ0n) is 18.9. The van der Waals surface area contributed by atoms with Gasteiger partial charge >= 0.3 is 12.1 Å². The molecular formula is C24H18F3NO8. The van der Waals surface area contributed by atoms with Gasteiger partial charge in [-0.15, -0.1) is 0 Å². The largest absolute Gasteiger partial charge is 0.497 e. The Balaban J connectivity index is 1.60. The molecule has 0 saturated carbocycles. The first-order valence-electron chi connectivity index (χ1n) is 10.4. The summed E-state index contributed by atoms with van der Waals surface area (Å²) in [5.74, 6) is -2.58. The normalized spacial score (nSPS) is 11.4. The number of nitrogens with zero attached hydrogens (tertiary/aromatic N) is 1. The van der Waals surface area contributed by atoms with Crippen LogP contribution in [0.3, 0.4) is 0 Å². The van der Waals surface area contributed by atoms with Crippen LogP contribution >= 0.6 is 0 Å². The van der Waals surface area contributed by atoms with Crippen LogP contribution in [0, 0.1) is 0 Å². The van der Waals surface area contributed by atoms with Crippen LogP contribution in [0.1, 0.15) is 17.9 Å². The zero-order chi connectivity index (χ0) is 25.9. The Bertz CT molecular complexity index is 1460. The summed E-state index contributed by atoms with van der Waals surface area (Å²) in [6.45, 7) is 0. The molecule has 0 unspecified atom stereocenters. The number of hydrogen-bond donors (Lipinski definition) is 0. The highest BCUT2D eigenvalue weighted by atomic mass is 19.4. The van der Waals surface area contributed by atoms with Crippen molar-refractivity contribution in [1.29, 1.82) is 0 Å². The first-order chi connectivity index (χ1) is 17.2. The number of benzene rings is 2. The quantitative estimate of drug-likeness (QED) is 0.237. The molecule has 188 valence electrons. The molecule has 0 spiro atoms. The number of carbonyl (C=O) groups excluding carboxylic acids is 1. The van der Waals surface area contributed by atoms with Crippen molar-refractivity contribution >= 4 is 16.9 Å². The number of alkyl halides is 3. The van der Waals surface area contributed by atoms with Crippen LogP contribution in [-0.2, 0) is 17.4 Å². The third-order valence-electron chi connectivity index (χ3n) is 4.89. The fourth-order valence-electron chi connectivity index (χ4n) is 3.20. The number of ether oxygens (including phenoxy) is 4. The Morgan fingerprint density at radius 3 is 2.47 bits per heavy atom. The number of aryl methyl sites for hydroxylation is 1. The molecule has 9 nitrogen and oxygen atoms in total. The minimum atomic E-state index is -5.05. The monoisotopic (exact) mass is 505 g/mol. The number of rotatable bonds is 8. The van der Waals surface area contributed by atoms with Gasteiger partial charge in [-0.05, 0) is 29.4 Å². The Labute approximate surface area is 200 Å². The lowest BCUT2D eigenvalue weighted by Gasteiger charge is -2.14. The van der Waals surface area contributed by atoms with Gasteiger partial charge in [-0.3, -0.25) is 9.59 Å². The molecule has 0 aliphatic heterocycles. The highest BCUT2D eigenvalue weighted by Crippen LogP contribution is 2.39. The van der Waals surface area contributed by atoms with Gasteiger partial charge in [0, 0.05) is 24.6 Å². The van der Waals surface area contributed by atoms with Gasteiger partial charge in [-0.25, -0.2) is 0 Å². The molecule has 0 N–H and O–H groups in total. The van der Waals surface area contributed by atoms with E-state index in [-0.39, 0.29) is 35.6 Å². The summed E-state index contributed by atoms with van der Waals surface area (Å²) in [7, 11) is 2.78. The summed E-state index contributed by atoms with van der Waals surface area (Å²) in [4.78, 5) is 25.1. The first-order valence-corrected chi connectivity index (χ1v) is 10.4. The molecule has 0 bridgehead atoms. The van der Waals surface area contributed by atoms with E-state index in [1.807, 2.05) is 0 Å². The van der Waals surface area contributed by atoms with E-state index in [1.54, 1.807) is 6.07 Å². The number of halogens is 3. The van der Waals surface area contributed by atoms with Gasteiger partial charge in [0.1, 0.15) is 28.6 Å². The van der Waals surface area contributed by atoms with Crippen LogP contribution in [0.25, 0.3) is 11.0 Å². The molecule has 2 aromatic heterocycles. The third-order valence-corrected chi connectivity index (χ3v) is 4.89. The fraction of sp³-hybridized carbons (Fsp3) is 0.208. The van der Waals surface area contributed by atoms with Gasteiger partial charge in [-0.2, -0.15) is 13.2 Å². The zero-order valence-corrected chi connectivity index (χ0v) is 18.9. The summed E-state index contributed by atoms with van der Waals surface area (Å²) < 4.78 is 71.6. The second-order valence-electron chi connectivity index (χ2n) is 7.34. The van der Waals surface area contributed by atoms with Crippen LogP contribution in [0.5, 0.6) is 28.9 Å². The van der Waals surface area contributed by atoms with Crippen LogP contribution in [0.15, 0.2) is 62.3 Å². The number of esters is 1. The predicted octanol–water partition coefficient (Wildman–Crippen LogP) is 5.15. The number of carbonyl (C=O) groups is 1. The molecular weight excluding hydrogens is 487 g/mol. The Morgan fingerprint density at radius 1 is 1.00 bits per heavy atom. The lowest BCUT2D eigenvalue weighted by atomic mass is 10.2. The molecule has 12 heteroatoms. The van der Waals surface area contributed by atoms with E-state index in [4.69, 9.17) is 27.9 Å². The summed E-state index contributed by atoms with van der Waals surface area (Å²) >= 11 is 0. The van der Waals surface area contributed by atoms with Gasteiger partial charge in [0.05, 0.1) is 26.0 Å². The van der Waals surface area contributed by atoms with Crippen molar-refractivity contribution in [3.05, 3.63) is 70.3 Å². The van der Waals surface area contributed by atoms with Crippen molar-refractivity contribution in [2.75, 3.05) is 14.2 Å². The van der Waals surface area contributed by atoms with Crippen molar-refractivity contribution in [3.63, 3.8) is 0 Å². The van der Waals surface area contributed by atoms with Crippen molar-refractivity contribution < 1.29 is 45.9 Å². The highest BCUT2D eigenvalue weighted by molar-refractivity contribution is 5.81. The van der Waals surface area contributed by atoms with E-state index < -0.39 is 34.7 Å². The lowest BCUT2D eigenvalue weighted by Crippen LogP contribution is -2.15. The van der Waals surface area contributed by atoms with Gasteiger partial charge in [0.2, 0.25) is 11.2 Å². The average molecular weight is 505 g/mol. The second kappa shape index (κ2) is 10.0. The molecule has 0 saturated heterocycles. The predicted molar refractivity (Wildman–Crippen MR) is 118 cm³/mol. The molecule has 36 heavy (non-hydrogen) atoms. The molecule has 0 aliphatic carbocycles. The maximum atomic E-state index is 13.8. The number of aromatic nitrogens is 1. The van der Waals surface area contributed by atoms with Crippen molar-refractivity contribution in [2.24, 2.45) is 0 Å². The van der Waals surface area contributed by atoms with Crippen LogP contribution < -0.4 is 24.4 Å². The topological polar surface area (TPSA) is 110 Å². The Kier molecular flexibility index (Phi) is 6.86. The van der Waals surface area contributed by atoms with Crippen LogP contribution in [-0.4, -0.2) is 25.3 Å². The summed E-state index contributed by atoms with van der Waals surface area (Å²) in [6, 6.07) is 10.7. The molecule has 0 radical (unpaired) electrons. The molecule has 0 amide bonds. The minimum absolute atomic E-state index is 0.0542. The van der Waals surface area contributed by atoms with Gasteiger partial charge in [0.15, 0.2) is 0 Å². The summed E-state index contributed by atoms with van der Waals surface area (Å²) in [6.07, 6.45) is -5.01. The maximum Gasteiger partial charge on any atom is 0.453 e. The molecule has 0 fully saturated rings.